The first-order chi connectivity index (χ1) is 17.9. The molecule has 0 aliphatic carbocycles. The van der Waals surface area contributed by atoms with E-state index < -0.39 is 5.82 Å². The zero-order chi connectivity index (χ0) is 26.4. The number of nitrogens with one attached hydrogen (secondary N) is 1. The topological polar surface area (TPSA) is 144 Å². The van der Waals surface area contributed by atoms with Crippen LogP contribution in [0.4, 0.5) is 27.1 Å². The van der Waals surface area contributed by atoms with Crippen LogP contribution in [0.5, 0.6) is 11.5 Å². The number of benzene rings is 2. The first-order valence-electron chi connectivity index (χ1n) is 11.3. The Morgan fingerprint density at radius 1 is 1.19 bits per heavy atom. The molecule has 37 heavy (non-hydrogen) atoms. The predicted octanol–water partition coefficient (Wildman–Crippen LogP) is 5.25. The van der Waals surface area contributed by atoms with Crippen molar-refractivity contribution in [1.29, 1.82) is 5.26 Å². The third-order valence-corrected chi connectivity index (χ3v) is 5.21. The standard InChI is InChI=1S/C27H24FN7O2/c1-3-36-25-12-24-20(11-22(25)30)27(17(13-29)14-34-24)35-23-7-6-19(10-21(23)28)37-26(31)8-9-32-18-5-4-16(2)33-15-18/h4-12,14-15H,3,30-31H2,1-2H3,(H,34,35)/b26-8+,32-9?. The van der Waals surface area contributed by atoms with Crippen LogP contribution in [0.15, 0.2) is 71.8 Å². The molecular weight excluding hydrogens is 473 g/mol. The Hall–Kier alpha value is -5.17. The molecule has 0 radical (unpaired) electrons. The highest BCUT2D eigenvalue weighted by molar-refractivity contribution is 5.98. The van der Waals surface area contributed by atoms with Crippen molar-refractivity contribution < 1.29 is 13.9 Å². The summed E-state index contributed by atoms with van der Waals surface area (Å²) in [5, 5.41) is 13.1. The number of hydrogen-bond donors (Lipinski definition) is 3. The van der Waals surface area contributed by atoms with E-state index in [0.29, 0.717) is 40.3 Å². The highest BCUT2D eigenvalue weighted by Gasteiger charge is 2.15. The zero-order valence-corrected chi connectivity index (χ0v) is 20.2. The number of nitrogens with two attached hydrogens (primary N) is 2. The summed E-state index contributed by atoms with van der Waals surface area (Å²) in [6.07, 6.45) is 5.96. The van der Waals surface area contributed by atoms with E-state index in [9.17, 15) is 9.65 Å². The Bertz CT molecular complexity index is 1540. The van der Waals surface area contributed by atoms with E-state index in [2.05, 4.69) is 26.3 Å². The van der Waals surface area contributed by atoms with E-state index in [1.807, 2.05) is 26.0 Å². The Morgan fingerprint density at radius 3 is 2.73 bits per heavy atom. The number of halogens is 1. The number of hydrogen-bond acceptors (Lipinski definition) is 9. The Kier molecular flexibility index (Phi) is 7.45. The molecule has 5 N–H and O–H groups in total. The van der Waals surface area contributed by atoms with Gasteiger partial charge in [-0.05, 0) is 44.2 Å². The van der Waals surface area contributed by atoms with Crippen LogP contribution in [0.25, 0.3) is 10.9 Å². The van der Waals surface area contributed by atoms with Gasteiger partial charge in [0.05, 0.1) is 46.6 Å². The lowest BCUT2D eigenvalue weighted by Gasteiger charge is -2.15. The van der Waals surface area contributed by atoms with Gasteiger partial charge in [-0.15, -0.1) is 0 Å². The number of aryl methyl sites for hydroxylation is 1. The zero-order valence-electron chi connectivity index (χ0n) is 20.2. The lowest BCUT2D eigenvalue weighted by Crippen LogP contribution is -2.06. The third-order valence-electron chi connectivity index (χ3n) is 5.21. The smallest absolute Gasteiger partial charge is 0.192 e. The van der Waals surface area contributed by atoms with Crippen molar-refractivity contribution >= 4 is 39.9 Å². The second-order valence-electron chi connectivity index (χ2n) is 7.87. The Balaban J connectivity index is 1.55. The molecule has 0 saturated heterocycles. The highest BCUT2D eigenvalue weighted by Crippen LogP contribution is 2.35. The SMILES string of the molecule is CCOc1cc2ncc(C#N)c(Nc3ccc(O/C(N)=C/C=Nc4ccc(C)nc4)cc3F)c2cc1N. The minimum Gasteiger partial charge on any atom is -0.492 e. The molecule has 0 unspecified atom stereocenters. The number of nitriles is 1. The summed E-state index contributed by atoms with van der Waals surface area (Å²) in [5.41, 5.74) is 15.2. The molecule has 2 aromatic carbocycles. The van der Waals surface area contributed by atoms with E-state index in [0.717, 1.165) is 5.69 Å². The van der Waals surface area contributed by atoms with Crippen LogP contribution >= 0.6 is 0 Å². The Morgan fingerprint density at radius 2 is 2.03 bits per heavy atom. The van der Waals surface area contributed by atoms with E-state index in [1.54, 1.807) is 24.4 Å². The van der Waals surface area contributed by atoms with Crippen LogP contribution in [-0.2, 0) is 0 Å². The number of ether oxygens (including phenoxy) is 2. The minimum atomic E-state index is -0.613. The minimum absolute atomic E-state index is 0.0244. The monoisotopic (exact) mass is 497 g/mol. The summed E-state index contributed by atoms with van der Waals surface area (Å²) in [4.78, 5) is 12.7. The number of nitrogens with zero attached hydrogens (tertiary/aromatic N) is 4. The van der Waals surface area contributed by atoms with Crippen LogP contribution < -0.4 is 26.3 Å². The lowest BCUT2D eigenvalue weighted by atomic mass is 10.1. The maximum atomic E-state index is 15.0. The number of pyridine rings is 2. The van der Waals surface area contributed by atoms with Crippen LogP contribution in [0.2, 0.25) is 0 Å². The fraction of sp³-hybridized carbons (Fsp3) is 0.111. The fourth-order valence-corrected chi connectivity index (χ4v) is 3.44. The van der Waals surface area contributed by atoms with Gasteiger partial charge >= 0.3 is 0 Å². The van der Waals surface area contributed by atoms with Crippen LogP contribution in [0, 0.1) is 24.1 Å². The number of nitrogen functional groups attached to an aromatic ring is 1. The van der Waals surface area contributed by atoms with Gasteiger partial charge in [-0.3, -0.25) is 15.0 Å². The number of aromatic nitrogens is 2. The van der Waals surface area contributed by atoms with Crippen molar-refractivity contribution in [1.82, 2.24) is 9.97 Å². The normalized spacial score (nSPS) is 11.5. The Labute approximate surface area is 212 Å². The predicted molar refractivity (Wildman–Crippen MR) is 142 cm³/mol. The quantitative estimate of drug-likeness (QED) is 0.170. The van der Waals surface area contributed by atoms with Gasteiger partial charge in [0, 0.05) is 41.7 Å². The molecule has 0 saturated carbocycles. The summed E-state index contributed by atoms with van der Waals surface area (Å²) < 4.78 is 26.0. The molecular formula is C27H24FN7O2. The largest absolute Gasteiger partial charge is 0.492 e. The molecule has 0 bridgehead atoms. The average Bonchev–Trinajstić information content (AvgIpc) is 2.88. The molecule has 10 heteroatoms. The maximum Gasteiger partial charge on any atom is 0.192 e. The van der Waals surface area contributed by atoms with Crippen molar-refractivity contribution in [3.63, 3.8) is 0 Å². The summed E-state index contributed by atoms with van der Waals surface area (Å²) >= 11 is 0. The van der Waals surface area contributed by atoms with E-state index in [4.69, 9.17) is 20.9 Å². The van der Waals surface area contributed by atoms with Gasteiger partial charge in [-0.2, -0.15) is 5.26 Å². The van der Waals surface area contributed by atoms with Crippen LogP contribution in [0.1, 0.15) is 18.2 Å². The molecule has 9 nitrogen and oxygen atoms in total. The van der Waals surface area contributed by atoms with Crippen LogP contribution in [0.3, 0.4) is 0 Å². The van der Waals surface area contributed by atoms with Crippen molar-refractivity contribution in [2.24, 2.45) is 10.7 Å². The molecule has 2 aromatic heterocycles. The van der Waals surface area contributed by atoms with Gasteiger partial charge < -0.3 is 26.3 Å². The molecule has 0 amide bonds. The van der Waals surface area contributed by atoms with Crippen molar-refractivity contribution in [2.75, 3.05) is 17.7 Å². The molecule has 0 aliphatic heterocycles. The maximum absolute atomic E-state index is 15.0. The average molecular weight is 498 g/mol. The van der Waals surface area contributed by atoms with Gasteiger partial charge in [-0.25, -0.2) is 4.39 Å². The molecule has 0 atom stereocenters. The van der Waals surface area contributed by atoms with Gasteiger partial charge in [0.2, 0.25) is 0 Å². The molecule has 0 fully saturated rings. The number of aliphatic imine (C=N–C) groups is 1. The molecule has 4 aromatic rings. The molecule has 0 aliphatic rings. The number of rotatable bonds is 8. The lowest BCUT2D eigenvalue weighted by molar-refractivity contribution is 0.342. The van der Waals surface area contributed by atoms with Gasteiger partial charge in [-0.1, -0.05) is 0 Å². The van der Waals surface area contributed by atoms with Crippen molar-refractivity contribution in [3.05, 3.63) is 83.9 Å². The summed E-state index contributed by atoms with van der Waals surface area (Å²) in [7, 11) is 0. The number of fused-ring (bicyclic) bond motifs is 1. The molecule has 0 spiro atoms. The second kappa shape index (κ2) is 11.0. The second-order valence-corrected chi connectivity index (χ2v) is 7.87. The van der Waals surface area contributed by atoms with Gasteiger partial charge in [0.1, 0.15) is 23.4 Å². The number of allylic oxidation sites excluding steroid dienone is 1. The van der Waals surface area contributed by atoms with Crippen molar-refractivity contribution in [2.45, 2.75) is 13.8 Å². The third kappa shape index (κ3) is 5.91. The first-order valence-corrected chi connectivity index (χ1v) is 11.3. The van der Waals surface area contributed by atoms with Gasteiger partial charge in [0.25, 0.3) is 0 Å². The fourth-order valence-electron chi connectivity index (χ4n) is 3.44. The summed E-state index contributed by atoms with van der Waals surface area (Å²) in [6, 6.07) is 13.3. The highest BCUT2D eigenvalue weighted by atomic mass is 19.1. The number of anilines is 3. The first kappa shape index (κ1) is 24.9. The van der Waals surface area contributed by atoms with Gasteiger partial charge in [0.15, 0.2) is 5.88 Å². The van der Waals surface area contributed by atoms with Crippen molar-refractivity contribution in [3.8, 4) is 17.6 Å². The van der Waals surface area contributed by atoms with E-state index in [1.165, 1.54) is 30.6 Å². The molecule has 4 rings (SSSR count). The summed E-state index contributed by atoms with van der Waals surface area (Å²) in [5.74, 6) is 0.0822. The van der Waals surface area contributed by atoms with E-state index in [-0.39, 0.29) is 22.9 Å². The molecule has 2 heterocycles. The van der Waals surface area contributed by atoms with E-state index >= 15 is 0 Å². The summed E-state index contributed by atoms with van der Waals surface area (Å²) in [6.45, 7) is 4.17. The van der Waals surface area contributed by atoms with Crippen LogP contribution in [-0.4, -0.2) is 22.8 Å². The molecule has 186 valence electrons.